The number of hydrogen-bond acceptors (Lipinski definition) is 2. The fourth-order valence-electron chi connectivity index (χ4n) is 1.42. The molecule has 0 atom stereocenters. The Morgan fingerprint density at radius 2 is 2.19 bits per heavy atom. The molecular formula is C12H11FN2O. The molecule has 0 aromatic carbocycles. The van der Waals surface area contributed by atoms with Gasteiger partial charge in [0.05, 0.1) is 0 Å². The fraction of sp³-hybridized carbons (Fsp3) is 0.167. The summed E-state index contributed by atoms with van der Waals surface area (Å²) in [5, 5.41) is 2.70. The third-order valence-electron chi connectivity index (χ3n) is 2.27. The molecule has 1 aliphatic carbocycles. The molecule has 1 aromatic rings. The Kier molecular flexibility index (Phi) is 3.10. The van der Waals surface area contributed by atoms with Crippen LogP contribution in [-0.4, -0.2) is 10.9 Å². The summed E-state index contributed by atoms with van der Waals surface area (Å²) in [6.45, 7) is 0. The number of amides is 1. The first-order valence-electron chi connectivity index (χ1n) is 5.03. The highest BCUT2D eigenvalue weighted by molar-refractivity contribution is 5.93. The van der Waals surface area contributed by atoms with Crippen LogP contribution in [0, 0.1) is 0 Å². The summed E-state index contributed by atoms with van der Waals surface area (Å²) < 4.78 is 12.7. The SMILES string of the molecule is O=C(NC1=CC=C(F)CC1)c1ccccn1. The number of halogens is 1. The van der Waals surface area contributed by atoms with Gasteiger partial charge in [-0.2, -0.15) is 0 Å². The molecule has 0 fully saturated rings. The van der Waals surface area contributed by atoms with E-state index in [0.29, 0.717) is 18.5 Å². The van der Waals surface area contributed by atoms with Crippen molar-refractivity contribution in [2.75, 3.05) is 0 Å². The van der Waals surface area contributed by atoms with E-state index in [0.717, 1.165) is 5.70 Å². The lowest BCUT2D eigenvalue weighted by molar-refractivity contribution is 0.0959. The van der Waals surface area contributed by atoms with Crippen LogP contribution in [-0.2, 0) is 0 Å². The monoisotopic (exact) mass is 218 g/mol. The lowest BCUT2D eigenvalue weighted by atomic mass is 10.1. The Balaban J connectivity index is 2.04. The maximum atomic E-state index is 12.7. The van der Waals surface area contributed by atoms with E-state index in [1.807, 2.05) is 0 Å². The normalized spacial score (nSPS) is 15.1. The zero-order chi connectivity index (χ0) is 11.4. The molecule has 1 heterocycles. The largest absolute Gasteiger partial charge is 0.324 e. The van der Waals surface area contributed by atoms with Crippen molar-refractivity contribution in [2.45, 2.75) is 12.8 Å². The van der Waals surface area contributed by atoms with Gasteiger partial charge in [-0.1, -0.05) is 6.07 Å². The van der Waals surface area contributed by atoms with Crippen LogP contribution >= 0.6 is 0 Å². The van der Waals surface area contributed by atoms with Crippen LogP contribution < -0.4 is 5.32 Å². The van der Waals surface area contributed by atoms with Gasteiger partial charge in [0.15, 0.2) is 0 Å². The Morgan fingerprint density at radius 1 is 1.31 bits per heavy atom. The van der Waals surface area contributed by atoms with Crippen molar-refractivity contribution in [1.82, 2.24) is 10.3 Å². The molecule has 1 amide bonds. The van der Waals surface area contributed by atoms with Gasteiger partial charge in [0.1, 0.15) is 11.5 Å². The summed E-state index contributed by atoms with van der Waals surface area (Å²) in [6.07, 6.45) is 5.37. The molecule has 0 radical (unpaired) electrons. The van der Waals surface area contributed by atoms with Crippen LogP contribution in [0.2, 0.25) is 0 Å². The van der Waals surface area contributed by atoms with Crippen molar-refractivity contribution in [1.29, 1.82) is 0 Å². The van der Waals surface area contributed by atoms with Crippen molar-refractivity contribution < 1.29 is 9.18 Å². The van der Waals surface area contributed by atoms with Gasteiger partial charge in [0.2, 0.25) is 0 Å². The highest BCUT2D eigenvalue weighted by Gasteiger charge is 2.11. The summed E-state index contributed by atoms with van der Waals surface area (Å²) in [5.74, 6) is -0.418. The van der Waals surface area contributed by atoms with Crippen LogP contribution in [0.25, 0.3) is 0 Å². The third-order valence-corrected chi connectivity index (χ3v) is 2.27. The topological polar surface area (TPSA) is 42.0 Å². The molecule has 3 nitrogen and oxygen atoms in total. The van der Waals surface area contributed by atoms with E-state index in [1.165, 1.54) is 6.08 Å². The Labute approximate surface area is 92.7 Å². The summed E-state index contributed by atoms with van der Waals surface area (Å²) >= 11 is 0. The minimum Gasteiger partial charge on any atom is -0.324 e. The van der Waals surface area contributed by atoms with Crippen LogP contribution in [0.3, 0.4) is 0 Å². The van der Waals surface area contributed by atoms with E-state index >= 15 is 0 Å². The molecule has 16 heavy (non-hydrogen) atoms. The summed E-state index contributed by atoms with van der Waals surface area (Å²) in [4.78, 5) is 15.6. The van der Waals surface area contributed by atoms with Gasteiger partial charge in [-0.05, 0) is 30.7 Å². The van der Waals surface area contributed by atoms with Crippen LogP contribution in [0.15, 0.2) is 48.1 Å². The standard InChI is InChI=1S/C12H11FN2O/c13-9-4-6-10(7-5-9)15-12(16)11-3-1-2-8-14-11/h1-4,6,8H,5,7H2,(H,15,16). The molecule has 0 unspecified atom stereocenters. The van der Waals surface area contributed by atoms with Crippen LogP contribution in [0.4, 0.5) is 4.39 Å². The van der Waals surface area contributed by atoms with Gasteiger partial charge >= 0.3 is 0 Å². The Bertz CT molecular complexity index is 451. The van der Waals surface area contributed by atoms with E-state index in [-0.39, 0.29) is 11.7 Å². The maximum Gasteiger partial charge on any atom is 0.273 e. The Morgan fingerprint density at radius 3 is 2.81 bits per heavy atom. The minimum absolute atomic E-state index is 0.157. The van der Waals surface area contributed by atoms with Gasteiger partial charge < -0.3 is 5.32 Å². The molecule has 0 saturated heterocycles. The van der Waals surface area contributed by atoms with Gasteiger partial charge in [-0.3, -0.25) is 9.78 Å². The summed E-state index contributed by atoms with van der Waals surface area (Å²) in [6, 6.07) is 5.13. The highest BCUT2D eigenvalue weighted by Crippen LogP contribution is 2.17. The molecule has 0 spiro atoms. The van der Waals surface area contributed by atoms with Crippen molar-refractivity contribution >= 4 is 5.91 Å². The van der Waals surface area contributed by atoms with E-state index in [2.05, 4.69) is 10.3 Å². The predicted octanol–water partition coefficient (Wildman–Crippen LogP) is 2.34. The summed E-state index contributed by atoms with van der Waals surface area (Å²) in [7, 11) is 0. The first-order valence-corrected chi connectivity index (χ1v) is 5.03. The zero-order valence-electron chi connectivity index (χ0n) is 8.61. The van der Waals surface area contributed by atoms with Crippen molar-refractivity contribution in [3.8, 4) is 0 Å². The zero-order valence-corrected chi connectivity index (χ0v) is 8.61. The third kappa shape index (κ3) is 2.53. The van der Waals surface area contributed by atoms with Crippen molar-refractivity contribution in [2.24, 2.45) is 0 Å². The maximum absolute atomic E-state index is 12.7. The molecule has 1 aliphatic rings. The number of nitrogens with one attached hydrogen (secondary N) is 1. The van der Waals surface area contributed by atoms with E-state index in [1.54, 1.807) is 30.5 Å². The number of aromatic nitrogens is 1. The number of hydrogen-bond donors (Lipinski definition) is 1. The van der Waals surface area contributed by atoms with Crippen molar-refractivity contribution in [3.05, 3.63) is 53.8 Å². The second-order valence-corrected chi connectivity index (χ2v) is 3.47. The van der Waals surface area contributed by atoms with Gasteiger partial charge in [-0.25, -0.2) is 4.39 Å². The highest BCUT2D eigenvalue weighted by atomic mass is 19.1. The predicted molar refractivity (Wildman–Crippen MR) is 58.2 cm³/mol. The van der Waals surface area contributed by atoms with E-state index in [4.69, 9.17) is 0 Å². The van der Waals surface area contributed by atoms with Gasteiger partial charge in [0.25, 0.3) is 5.91 Å². The molecule has 0 aliphatic heterocycles. The number of allylic oxidation sites excluding steroid dienone is 4. The molecule has 1 N–H and O–H groups in total. The van der Waals surface area contributed by atoms with Gasteiger partial charge in [0, 0.05) is 18.3 Å². The second kappa shape index (κ2) is 4.70. The molecule has 0 saturated carbocycles. The smallest absolute Gasteiger partial charge is 0.273 e. The number of carbonyl (C=O) groups is 1. The lowest BCUT2D eigenvalue weighted by Crippen LogP contribution is -2.24. The molecule has 82 valence electrons. The molecule has 1 aromatic heterocycles. The first kappa shape index (κ1) is 10.5. The molecule has 0 bridgehead atoms. The Hall–Kier alpha value is -1.97. The molecule has 2 rings (SSSR count). The fourth-order valence-corrected chi connectivity index (χ4v) is 1.42. The second-order valence-electron chi connectivity index (χ2n) is 3.47. The van der Waals surface area contributed by atoms with E-state index < -0.39 is 0 Å². The first-order chi connectivity index (χ1) is 7.75. The quantitative estimate of drug-likeness (QED) is 0.827. The number of nitrogens with zero attached hydrogens (tertiary/aromatic N) is 1. The molecular weight excluding hydrogens is 207 g/mol. The van der Waals surface area contributed by atoms with Gasteiger partial charge in [-0.15, -0.1) is 0 Å². The number of carbonyl (C=O) groups excluding carboxylic acids is 1. The summed E-state index contributed by atoms with van der Waals surface area (Å²) in [5.41, 5.74) is 1.08. The van der Waals surface area contributed by atoms with Crippen molar-refractivity contribution in [3.63, 3.8) is 0 Å². The van der Waals surface area contributed by atoms with Crippen LogP contribution in [0.5, 0.6) is 0 Å². The number of rotatable bonds is 2. The molecule has 4 heteroatoms. The average Bonchev–Trinajstić information content (AvgIpc) is 2.33. The average molecular weight is 218 g/mol. The van der Waals surface area contributed by atoms with Crippen LogP contribution in [0.1, 0.15) is 23.3 Å². The van der Waals surface area contributed by atoms with E-state index in [9.17, 15) is 9.18 Å². The minimum atomic E-state index is -0.262. The number of pyridine rings is 1. The lowest BCUT2D eigenvalue weighted by Gasteiger charge is -2.11.